The molecule has 1 amide bonds. The van der Waals surface area contributed by atoms with Crippen molar-refractivity contribution in [2.24, 2.45) is 5.92 Å². The Balaban J connectivity index is 1.70. The number of rotatable bonds is 8. The van der Waals surface area contributed by atoms with Crippen molar-refractivity contribution in [1.29, 1.82) is 0 Å². The minimum absolute atomic E-state index is 0.0154. The molecule has 0 spiro atoms. The SMILES string of the molecule is CO[C@@H]([C@@H]1CCCN1)[C@H](C)C(=O)N[C@@H](Cc1ccccc1)c1nccs1. The Morgan fingerprint density at radius 3 is 2.85 bits per heavy atom. The monoisotopic (exact) mass is 373 g/mol. The number of hydrogen-bond acceptors (Lipinski definition) is 5. The summed E-state index contributed by atoms with van der Waals surface area (Å²) in [6.07, 6.45) is 4.58. The average Bonchev–Trinajstić information content (AvgIpc) is 3.37. The number of ether oxygens (including phenoxy) is 1. The van der Waals surface area contributed by atoms with Crippen LogP contribution in [-0.2, 0) is 16.0 Å². The van der Waals surface area contributed by atoms with Crippen molar-refractivity contribution >= 4 is 17.2 Å². The molecule has 1 aromatic heterocycles. The molecule has 1 fully saturated rings. The average molecular weight is 374 g/mol. The number of carbonyl (C=O) groups excluding carboxylic acids is 1. The summed E-state index contributed by atoms with van der Waals surface area (Å²) < 4.78 is 5.67. The van der Waals surface area contributed by atoms with E-state index in [1.54, 1.807) is 24.6 Å². The molecular weight excluding hydrogens is 346 g/mol. The van der Waals surface area contributed by atoms with E-state index in [2.05, 4.69) is 27.8 Å². The number of methoxy groups -OCH3 is 1. The fourth-order valence-electron chi connectivity index (χ4n) is 3.62. The molecule has 1 aliphatic heterocycles. The zero-order chi connectivity index (χ0) is 18.4. The maximum absolute atomic E-state index is 13.0. The fraction of sp³-hybridized carbons (Fsp3) is 0.500. The predicted octanol–water partition coefficient (Wildman–Crippen LogP) is 2.95. The van der Waals surface area contributed by atoms with Crippen LogP contribution in [-0.4, -0.2) is 36.7 Å². The highest BCUT2D eigenvalue weighted by molar-refractivity contribution is 7.09. The van der Waals surface area contributed by atoms with Crippen molar-refractivity contribution in [3.63, 3.8) is 0 Å². The molecule has 0 unspecified atom stereocenters. The van der Waals surface area contributed by atoms with E-state index < -0.39 is 0 Å². The van der Waals surface area contributed by atoms with Crippen LogP contribution in [0.4, 0.5) is 0 Å². The molecule has 0 aliphatic carbocycles. The number of nitrogens with one attached hydrogen (secondary N) is 2. The number of benzene rings is 1. The predicted molar refractivity (Wildman–Crippen MR) is 104 cm³/mol. The van der Waals surface area contributed by atoms with Gasteiger partial charge in [0, 0.05) is 24.7 Å². The van der Waals surface area contributed by atoms with Crippen LogP contribution in [0.3, 0.4) is 0 Å². The summed E-state index contributed by atoms with van der Waals surface area (Å²) in [6, 6.07) is 10.3. The first-order valence-corrected chi connectivity index (χ1v) is 10.1. The van der Waals surface area contributed by atoms with E-state index in [1.165, 1.54) is 5.56 Å². The van der Waals surface area contributed by atoms with Gasteiger partial charge in [0.25, 0.3) is 0 Å². The van der Waals surface area contributed by atoms with Crippen LogP contribution in [0.15, 0.2) is 41.9 Å². The Kier molecular flexibility index (Phi) is 6.77. The molecule has 0 radical (unpaired) electrons. The van der Waals surface area contributed by atoms with Crippen molar-refractivity contribution in [2.75, 3.05) is 13.7 Å². The van der Waals surface area contributed by atoms with Gasteiger partial charge in [-0.2, -0.15) is 0 Å². The van der Waals surface area contributed by atoms with E-state index in [0.717, 1.165) is 30.8 Å². The summed E-state index contributed by atoms with van der Waals surface area (Å²) in [5.41, 5.74) is 1.18. The third-order valence-corrected chi connectivity index (χ3v) is 5.91. The molecule has 3 rings (SSSR count). The summed E-state index contributed by atoms with van der Waals surface area (Å²) in [7, 11) is 1.69. The second-order valence-corrected chi connectivity index (χ2v) is 7.74. The first-order chi connectivity index (χ1) is 12.7. The molecule has 1 aliphatic rings. The second-order valence-electron chi connectivity index (χ2n) is 6.81. The molecule has 140 valence electrons. The molecule has 2 heterocycles. The quantitative estimate of drug-likeness (QED) is 0.747. The van der Waals surface area contributed by atoms with Gasteiger partial charge in [0.05, 0.1) is 18.1 Å². The van der Waals surface area contributed by atoms with Gasteiger partial charge in [0.15, 0.2) is 0 Å². The molecule has 2 aromatic rings. The van der Waals surface area contributed by atoms with E-state index >= 15 is 0 Å². The van der Waals surface area contributed by atoms with Gasteiger partial charge in [-0.25, -0.2) is 4.98 Å². The van der Waals surface area contributed by atoms with E-state index in [0.29, 0.717) is 0 Å². The van der Waals surface area contributed by atoms with Crippen molar-refractivity contribution < 1.29 is 9.53 Å². The molecule has 0 bridgehead atoms. The third kappa shape index (κ3) is 4.69. The van der Waals surface area contributed by atoms with Gasteiger partial charge < -0.3 is 15.4 Å². The minimum Gasteiger partial charge on any atom is -0.379 e. The summed E-state index contributed by atoms with van der Waals surface area (Å²) in [5, 5.41) is 9.54. The van der Waals surface area contributed by atoms with Gasteiger partial charge >= 0.3 is 0 Å². The lowest BCUT2D eigenvalue weighted by Gasteiger charge is -2.29. The number of amides is 1. The van der Waals surface area contributed by atoms with Crippen LogP contribution in [0.2, 0.25) is 0 Å². The summed E-state index contributed by atoms with van der Waals surface area (Å²) in [4.78, 5) is 17.4. The maximum Gasteiger partial charge on any atom is 0.226 e. The highest BCUT2D eigenvalue weighted by atomic mass is 32.1. The summed E-state index contributed by atoms with van der Waals surface area (Å²) >= 11 is 1.57. The highest BCUT2D eigenvalue weighted by Crippen LogP contribution is 2.23. The van der Waals surface area contributed by atoms with Crippen molar-refractivity contribution in [1.82, 2.24) is 15.6 Å². The van der Waals surface area contributed by atoms with Crippen LogP contribution >= 0.6 is 11.3 Å². The fourth-order valence-corrected chi connectivity index (χ4v) is 4.31. The molecule has 6 heteroatoms. The van der Waals surface area contributed by atoms with Gasteiger partial charge in [-0.15, -0.1) is 11.3 Å². The smallest absolute Gasteiger partial charge is 0.226 e. The van der Waals surface area contributed by atoms with Crippen molar-refractivity contribution in [2.45, 2.75) is 44.4 Å². The Bertz CT molecular complexity index is 672. The number of nitrogens with zero attached hydrogens (tertiary/aromatic N) is 1. The van der Waals surface area contributed by atoms with Crippen LogP contribution in [0, 0.1) is 5.92 Å². The minimum atomic E-state index is -0.228. The molecule has 5 nitrogen and oxygen atoms in total. The Hall–Kier alpha value is -1.76. The van der Waals surface area contributed by atoms with Gasteiger partial charge in [0.1, 0.15) is 5.01 Å². The Labute approximate surface area is 159 Å². The van der Waals surface area contributed by atoms with Gasteiger partial charge in [-0.3, -0.25) is 4.79 Å². The zero-order valence-corrected chi connectivity index (χ0v) is 16.2. The first-order valence-electron chi connectivity index (χ1n) is 9.19. The van der Waals surface area contributed by atoms with Crippen LogP contribution in [0.1, 0.15) is 36.4 Å². The van der Waals surface area contributed by atoms with Gasteiger partial charge in [-0.1, -0.05) is 37.3 Å². The van der Waals surface area contributed by atoms with Crippen LogP contribution < -0.4 is 10.6 Å². The normalized spacial score (nSPS) is 20.5. The number of aromatic nitrogens is 1. The Morgan fingerprint density at radius 1 is 1.42 bits per heavy atom. The lowest BCUT2D eigenvalue weighted by molar-refractivity contribution is -0.130. The molecule has 2 N–H and O–H groups in total. The molecule has 1 aromatic carbocycles. The standard InChI is InChI=1S/C20H27N3O2S/c1-14(18(25-2)16-9-6-10-21-16)19(24)23-17(20-22-11-12-26-20)13-15-7-4-3-5-8-15/h3-5,7-8,11-12,14,16-18,21H,6,9-10,13H2,1-2H3,(H,23,24)/t14-,16-,17-,18+/m0/s1. The molecular formula is C20H27N3O2S. The van der Waals surface area contributed by atoms with Gasteiger partial charge in [0.2, 0.25) is 5.91 Å². The zero-order valence-electron chi connectivity index (χ0n) is 15.4. The van der Waals surface area contributed by atoms with Crippen molar-refractivity contribution in [3.05, 3.63) is 52.5 Å². The molecule has 1 saturated heterocycles. The van der Waals surface area contributed by atoms with Gasteiger partial charge in [-0.05, 0) is 31.4 Å². The lowest BCUT2D eigenvalue weighted by atomic mass is 9.95. The number of hydrogen-bond donors (Lipinski definition) is 2. The molecule has 0 saturated carbocycles. The number of thiazole rings is 1. The number of carbonyl (C=O) groups is 1. The maximum atomic E-state index is 13.0. The highest BCUT2D eigenvalue weighted by Gasteiger charge is 2.34. The van der Waals surface area contributed by atoms with Crippen molar-refractivity contribution in [3.8, 4) is 0 Å². The first kappa shape index (κ1) is 19.0. The summed E-state index contributed by atoms with van der Waals surface area (Å²) in [6.45, 7) is 2.94. The summed E-state index contributed by atoms with van der Waals surface area (Å²) in [5.74, 6) is -0.212. The topological polar surface area (TPSA) is 63.2 Å². The van der Waals surface area contributed by atoms with Crippen LogP contribution in [0.5, 0.6) is 0 Å². The van der Waals surface area contributed by atoms with E-state index in [4.69, 9.17) is 4.74 Å². The van der Waals surface area contributed by atoms with Crippen LogP contribution in [0.25, 0.3) is 0 Å². The molecule has 4 atom stereocenters. The third-order valence-electron chi connectivity index (χ3n) is 5.02. The largest absolute Gasteiger partial charge is 0.379 e. The molecule has 26 heavy (non-hydrogen) atoms. The van der Waals surface area contributed by atoms with E-state index in [-0.39, 0.29) is 30.0 Å². The lowest BCUT2D eigenvalue weighted by Crippen LogP contribution is -2.47. The Morgan fingerprint density at radius 2 is 2.23 bits per heavy atom. The van der Waals surface area contributed by atoms with E-state index in [1.807, 2.05) is 30.5 Å². The second kappa shape index (κ2) is 9.26. The van der Waals surface area contributed by atoms with E-state index in [9.17, 15) is 4.79 Å².